The number of rotatable bonds is 4. The smallest absolute Gasteiger partial charge is 0.251 e. The van der Waals surface area contributed by atoms with Gasteiger partial charge in [0, 0.05) is 45.5 Å². The number of carbonyl (C=O) groups excluding carboxylic acids is 1. The highest BCUT2D eigenvalue weighted by Gasteiger charge is 2.20. The van der Waals surface area contributed by atoms with Crippen molar-refractivity contribution < 1.29 is 9.90 Å². The molecule has 0 atom stereocenters. The van der Waals surface area contributed by atoms with Crippen molar-refractivity contribution in [3.8, 4) is 11.3 Å². The van der Waals surface area contributed by atoms with Crippen molar-refractivity contribution in [2.45, 2.75) is 19.4 Å². The van der Waals surface area contributed by atoms with Gasteiger partial charge >= 0.3 is 0 Å². The minimum absolute atomic E-state index is 0.132. The highest BCUT2D eigenvalue weighted by molar-refractivity contribution is 6.03. The van der Waals surface area contributed by atoms with Gasteiger partial charge in [-0.3, -0.25) is 4.79 Å². The maximum absolute atomic E-state index is 12.5. The molecule has 1 amide bonds. The van der Waals surface area contributed by atoms with Crippen molar-refractivity contribution in [1.82, 2.24) is 25.3 Å². The summed E-state index contributed by atoms with van der Waals surface area (Å²) in [4.78, 5) is 27.3. The van der Waals surface area contributed by atoms with Crippen molar-refractivity contribution >= 4 is 27.8 Å². The molecule has 0 saturated carbocycles. The van der Waals surface area contributed by atoms with E-state index >= 15 is 0 Å². The lowest BCUT2D eigenvalue weighted by molar-refractivity contribution is 0.0869. The van der Waals surface area contributed by atoms with E-state index in [1.165, 1.54) is 6.33 Å². The molecule has 4 N–H and O–H groups in total. The highest BCUT2D eigenvalue weighted by Crippen LogP contribution is 2.30. The molecule has 0 bridgehead atoms. The molecule has 132 valence electrons. The molecule has 0 aliphatic carbocycles. The number of H-pyrrole nitrogens is 2. The Hall–Kier alpha value is -3.19. The van der Waals surface area contributed by atoms with E-state index in [-0.39, 0.29) is 12.5 Å². The van der Waals surface area contributed by atoms with E-state index in [0.717, 1.165) is 33.2 Å². The minimum Gasteiger partial charge on any atom is -0.394 e. The zero-order valence-electron chi connectivity index (χ0n) is 14.5. The summed E-state index contributed by atoms with van der Waals surface area (Å²) in [6.07, 6.45) is 5.17. The number of aromatic nitrogens is 4. The first-order chi connectivity index (χ1) is 12.5. The molecule has 0 saturated heterocycles. The molecule has 0 aliphatic rings. The van der Waals surface area contributed by atoms with Crippen molar-refractivity contribution in [2.75, 3.05) is 6.61 Å². The van der Waals surface area contributed by atoms with Crippen LogP contribution in [0.3, 0.4) is 0 Å². The second kappa shape index (κ2) is 5.96. The van der Waals surface area contributed by atoms with Gasteiger partial charge in [0.25, 0.3) is 5.91 Å². The van der Waals surface area contributed by atoms with Crippen molar-refractivity contribution in [3.05, 3.63) is 48.5 Å². The SMILES string of the molecule is CC(C)(CO)NC(=O)c1ccc2[nH]cc(-c3cc4cncnc4[nH]3)c2c1. The Labute approximate surface area is 149 Å². The lowest BCUT2D eigenvalue weighted by Crippen LogP contribution is -2.46. The second-order valence-electron chi connectivity index (χ2n) is 6.97. The summed E-state index contributed by atoms with van der Waals surface area (Å²) in [5, 5.41) is 14.0. The van der Waals surface area contributed by atoms with Gasteiger partial charge in [-0.1, -0.05) is 0 Å². The maximum atomic E-state index is 12.5. The van der Waals surface area contributed by atoms with Gasteiger partial charge in [0.1, 0.15) is 12.0 Å². The Kier molecular flexibility index (Phi) is 3.73. The van der Waals surface area contributed by atoms with Crippen LogP contribution in [0, 0.1) is 0 Å². The number of aliphatic hydroxyl groups is 1. The van der Waals surface area contributed by atoms with Gasteiger partial charge in [-0.15, -0.1) is 0 Å². The van der Waals surface area contributed by atoms with Crippen molar-refractivity contribution in [3.63, 3.8) is 0 Å². The molecule has 1 aromatic carbocycles. The fraction of sp³-hybridized carbons (Fsp3) is 0.211. The zero-order valence-corrected chi connectivity index (χ0v) is 14.5. The topological polar surface area (TPSA) is 107 Å². The summed E-state index contributed by atoms with van der Waals surface area (Å²) in [5.74, 6) is -0.222. The Balaban J connectivity index is 1.76. The number of nitrogens with zero attached hydrogens (tertiary/aromatic N) is 2. The molecule has 7 nitrogen and oxygen atoms in total. The standard InChI is InChI=1S/C19H19N5O2/c1-19(2,9-25)24-18(26)11-3-4-15-13(5-11)14(8-21-15)16-6-12-7-20-10-22-17(12)23-16/h3-8,10,21,25H,9H2,1-2H3,(H,24,26)(H,20,22,23). The summed E-state index contributed by atoms with van der Waals surface area (Å²) in [6.45, 7) is 3.42. The fourth-order valence-electron chi connectivity index (χ4n) is 2.92. The molecule has 0 unspecified atom stereocenters. The first-order valence-corrected chi connectivity index (χ1v) is 8.30. The van der Waals surface area contributed by atoms with Crippen LogP contribution in [0.4, 0.5) is 0 Å². The van der Waals surface area contributed by atoms with Crippen molar-refractivity contribution in [1.29, 1.82) is 0 Å². The van der Waals surface area contributed by atoms with E-state index in [1.807, 2.05) is 24.4 Å². The molecule has 4 aromatic rings. The van der Waals surface area contributed by atoms with Gasteiger partial charge in [-0.05, 0) is 38.1 Å². The predicted octanol–water partition coefficient (Wildman–Crippen LogP) is 2.61. The summed E-state index contributed by atoms with van der Waals surface area (Å²) in [7, 11) is 0. The number of carbonyl (C=O) groups is 1. The number of amides is 1. The summed E-state index contributed by atoms with van der Waals surface area (Å²) in [5.41, 5.74) is 3.42. The lowest BCUT2D eigenvalue weighted by atomic mass is 10.0. The maximum Gasteiger partial charge on any atom is 0.251 e. The first kappa shape index (κ1) is 16.3. The third-order valence-corrected chi connectivity index (χ3v) is 4.37. The van der Waals surface area contributed by atoms with Crippen LogP contribution in [-0.4, -0.2) is 43.1 Å². The summed E-state index contributed by atoms with van der Waals surface area (Å²) in [6, 6.07) is 7.48. The molecule has 0 aliphatic heterocycles. The van der Waals surface area contributed by atoms with E-state index in [1.54, 1.807) is 26.1 Å². The minimum atomic E-state index is -0.678. The van der Waals surface area contributed by atoms with Crippen LogP contribution in [0.1, 0.15) is 24.2 Å². The predicted molar refractivity (Wildman–Crippen MR) is 99.8 cm³/mol. The molecule has 26 heavy (non-hydrogen) atoms. The van der Waals surface area contributed by atoms with E-state index < -0.39 is 5.54 Å². The third-order valence-electron chi connectivity index (χ3n) is 4.37. The van der Waals surface area contributed by atoms with Gasteiger partial charge in [-0.25, -0.2) is 9.97 Å². The Morgan fingerprint density at radius 1 is 1.31 bits per heavy atom. The molecular weight excluding hydrogens is 330 g/mol. The van der Waals surface area contributed by atoms with Crippen LogP contribution >= 0.6 is 0 Å². The normalized spacial score (nSPS) is 12.0. The van der Waals surface area contributed by atoms with Crippen LogP contribution in [0.5, 0.6) is 0 Å². The number of fused-ring (bicyclic) bond motifs is 2. The van der Waals surface area contributed by atoms with Gasteiger partial charge in [0.2, 0.25) is 0 Å². The second-order valence-corrected chi connectivity index (χ2v) is 6.97. The number of hydrogen-bond acceptors (Lipinski definition) is 4. The monoisotopic (exact) mass is 349 g/mol. The summed E-state index contributed by atoms with van der Waals surface area (Å²) >= 11 is 0. The first-order valence-electron chi connectivity index (χ1n) is 8.30. The molecule has 0 radical (unpaired) electrons. The Morgan fingerprint density at radius 2 is 2.15 bits per heavy atom. The number of aromatic amines is 2. The fourth-order valence-corrected chi connectivity index (χ4v) is 2.92. The van der Waals surface area contributed by atoms with E-state index in [0.29, 0.717) is 5.56 Å². The van der Waals surface area contributed by atoms with Gasteiger partial charge < -0.3 is 20.4 Å². The number of benzene rings is 1. The zero-order chi connectivity index (χ0) is 18.3. The third kappa shape index (κ3) is 2.82. The van der Waals surface area contributed by atoms with Crippen LogP contribution in [0.2, 0.25) is 0 Å². The number of hydrogen-bond donors (Lipinski definition) is 4. The van der Waals surface area contributed by atoms with Crippen molar-refractivity contribution in [2.24, 2.45) is 0 Å². The molecule has 4 rings (SSSR count). The average molecular weight is 349 g/mol. The van der Waals surface area contributed by atoms with Crippen LogP contribution in [0.15, 0.2) is 43.0 Å². The molecule has 0 spiro atoms. The largest absolute Gasteiger partial charge is 0.394 e. The Morgan fingerprint density at radius 3 is 2.92 bits per heavy atom. The van der Waals surface area contributed by atoms with E-state index in [2.05, 4.69) is 25.3 Å². The number of aliphatic hydroxyl groups excluding tert-OH is 1. The highest BCUT2D eigenvalue weighted by atomic mass is 16.3. The molecule has 3 heterocycles. The van der Waals surface area contributed by atoms with Gasteiger partial charge in [-0.2, -0.15) is 0 Å². The Bertz CT molecular complexity index is 1080. The summed E-state index contributed by atoms with van der Waals surface area (Å²) < 4.78 is 0. The lowest BCUT2D eigenvalue weighted by Gasteiger charge is -2.23. The molecule has 0 fully saturated rings. The van der Waals surface area contributed by atoms with Crippen LogP contribution in [0.25, 0.3) is 33.2 Å². The van der Waals surface area contributed by atoms with E-state index in [9.17, 15) is 9.90 Å². The molecular formula is C19H19N5O2. The van der Waals surface area contributed by atoms with Gasteiger partial charge in [0.05, 0.1) is 12.1 Å². The van der Waals surface area contributed by atoms with Gasteiger partial charge in [0.15, 0.2) is 0 Å². The average Bonchev–Trinajstić information content (AvgIpc) is 3.24. The van der Waals surface area contributed by atoms with Crippen LogP contribution < -0.4 is 5.32 Å². The molecule has 3 aromatic heterocycles. The van der Waals surface area contributed by atoms with Crippen LogP contribution in [-0.2, 0) is 0 Å². The molecule has 7 heteroatoms. The number of nitrogens with one attached hydrogen (secondary N) is 3. The quantitative estimate of drug-likeness (QED) is 0.454. The van der Waals surface area contributed by atoms with E-state index in [4.69, 9.17) is 0 Å².